The minimum Gasteiger partial charge on any atom is -0.147 e. The second-order valence-electron chi connectivity index (χ2n) is 6.27. The third-order valence-corrected chi connectivity index (χ3v) is 3.14. The Morgan fingerprint density at radius 1 is 0.875 bits per heavy atom. The fourth-order valence-corrected chi connectivity index (χ4v) is 2.73. The highest BCUT2D eigenvalue weighted by atomic mass is 35.5. The maximum absolute atomic E-state index is 2.87. The number of hydrogen-bond donors (Lipinski definition) is 0. The largest absolute Gasteiger partial charge is 0.147 e. The van der Waals surface area contributed by atoms with Gasteiger partial charge in [0.15, 0.2) is 0 Å². The summed E-state index contributed by atoms with van der Waals surface area (Å²) >= 11 is 0. The number of benzene rings is 1. The van der Waals surface area contributed by atoms with E-state index in [2.05, 4.69) is 69.0 Å². The van der Waals surface area contributed by atoms with Gasteiger partial charge in [0, 0.05) is 0 Å². The van der Waals surface area contributed by atoms with E-state index in [0.29, 0.717) is 0 Å². The average molecular weight is 259 g/mol. The van der Waals surface area contributed by atoms with Gasteiger partial charge in [0.2, 0.25) is 0 Å². The van der Waals surface area contributed by atoms with Gasteiger partial charge in [-0.05, 0) is 27.3 Å². The first-order valence-electron chi connectivity index (χ1n) is 5.53. The second-order valence-corrected chi connectivity index (χ2v) is 6.89. The van der Waals surface area contributed by atoms with Crippen molar-refractivity contribution < 1.29 is 0 Å². The van der Waals surface area contributed by atoms with Crippen molar-refractivity contribution in [2.45, 2.75) is 52.4 Å². The van der Waals surface area contributed by atoms with Crippen molar-refractivity contribution in [1.82, 2.24) is 0 Å². The highest BCUT2D eigenvalue weighted by Gasteiger charge is 2.25. The Bertz CT molecular complexity index is 356. The molecule has 0 radical (unpaired) electrons. The molecule has 0 nitrogen and oxygen atoms in total. The Morgan fingerprint density at radius 3 is 1.69 bits per heavy atom. The smallest absolute Gasteiger partial charge is 0.0123 e. The summed E-state index contributed by atoms with van der Waals surface area (Å²) in [4.78, 5) is 0. The standard InChI is InChI=1S/C14H23P.ClH/c1-13(2,3)10-8-7-9-11(15)12(10)14(4,5)6;/h7-9H,15H2,1-6H3;1H. The molecule has 0 spiro atoms. The van der Waals surface area contributed by atoms with E-state index < -0.39 is 0 Å². The molecule has 92 valence electrons. The lowest BCUT2D eigenvalue weighted by Gasteiger charge is -2.31. The van der Waals surface area contributed by atoms with Crippen LogP contribution in [0.3, 0.4) is 0 Å². The zero-order chi connectivity index (χ0) is 11.9. The highest BCUT2D eigenvalue weighted by molar-refractivity contribution is 7.27. The average Bonchev–Trinajstić information content (AvgIpc) is 1.99. The van der Waals surface area contributed by atoms with Gasteiger partial charge in [-0.25, -0.2) is 0 Å². The summed E-state index contributed by atoms with van der Waals surface area (Å²) in [7, 11) is 2.87. The quantitative estimate of drug-likeness (QED) is 0.612. The van der Waals surface area contributed by atoms with Crippen LogP contribution in [0.4, 0.5) is 0 Å². The van der Waals surface area contributed by atoms with Crippen LogP contribution in [-0.2, 0) is 10.8 Å². The van der Waals surface area contributed by atoms with Crippen LogP contribution in [0.1, 0.15) is 52.7 Å². The molecule has 0 aliphatic rings. The molecule has 0 aliphatic heterocycles. The minimum absolute atomic E-state index is 0. The summed E-state index contributed by atoms with van der Waals surface area (Å²) in [5.74, 6) is 0. The zero-order valence-electron chi connectivity index (χ0n) is 11.2. The van der Waals surface area contributed by atoms with E-state index in [1.807, 2.05) is 0 Å². The topological polar surface area (TPSA) is 0 Å². The van der Waals surface area contributed by atoms with E-state index >= 15 is 0 Å². The third kappa shape index (κ3) is 3.47. The van der Waals surface area contributed by atoms with Crippen molar-refractivity contribution in [3.63, 3.8) is 0 Å². The van der Waals surface area contributed by atoms with Crippen LogP contribution in [-0.4, -0.2) is 0 Å². The summed E-state index contributed by atoms with van der Waals surface area (Å²) in [6, 6.07) is 6.59. The molecule has 1 aromatic rings. The number of halogens is 1. The summed E-state index contributed by atoms with van der Waals surface area (Å²) in [6.45, 7) is 13.7. The Labute approximate surface area is 109 Å². The van der Waals surface area contributed by atoms with Gasteiger partial charge in [0.05, 0.1) is 0 Å². The lowest BCUT2D eigenvalue weighted by atomic mass is 9.75. The van der Waals surface area contributed by atoms with Gasteiger partial charge in [-0.15, -0.1) is 21.6 Å². The summed E-state index contributed by atoms with van der Waals surface area (Å²) in [6.07, 6.45) is 0. The minimum atomic E-state index is 0. The van der Waals surface area contributed by atoms with Crippen LogP contribution in [0.2, 0.25) is 0 Å². The molecule has 1 atom stereocenters. The SMILES string of the molecule is CC(C)(C)c1cccc(P)c1C(C)(C)C.Cl. The molecule has 1 aromatic carbocycles. The van der Waals surface area contributed by atoms with Crippen molar-refractivity contribution >= 4 is 27.0 Å². The number of hydrogen-bond acceptors (Lipinski definition) is 0. The van der Waals surface area contributed by atoms with Crippen LogP contribution < -0.4 is 5.30 Å². The van der Waals surface area contributed by atoms with E-state index in [9.17, 15) is 0 Å². The molecule has 0 aromatic heterocycles. The van der Waals surface area contributed by atoms with Crippen molar-refractivity contribution in [3.05, 3.63) is 29.3 Å². The predicted octanol–water partition coefficient (Wildman–Crippen LogP) is 4.20. The molecule has 1 rings (SSSR count). The molecule has 2 heteroatoms. The van der Waals surface area contributed by atoms with E-state index in [0.717, 1.165) is 0 Å². The predicted molar refractivity (Wildman–Crippen MR) is 80.4 cm³/mol. The van der Waals surface area contributed by atoms with Crippen LogP contribution in [0, 0.1) is 0 Å². The Balaban J connectivity index is 0.00000225. The molecule has 16 heavy (non-hydrogen) atoms. The lowest BCUT2D eigenvalue weighted by Crippen LogP contribution is -2.27. The van der Waals surface area contributed by atoms with Gasteiger partial charge in [-0.3, -0.25) is 0 Å². The van der Waals surface area contributed by atoms with E-state index in [1.165, 1.54) is 16.4 Å². The molecule has 0 heterocycles. The third-order valence-electron chi connectivity index (χ3n) is 2.65. The molecule has 0 aliphatic carbocycles. The fraction of sp³-hybridized carbons (Fsp3) is 0.571. The number of rotatable bonds is 0. The van der Waals surface area contributed by atoms with Crippen LogP contribution in [0.25, 0.3) is 0 Å². The van der Waals surface area contributed by atoms with Gasteiger partial charge in [-0.1, -0.05) is 59.7 Å². The van der Waals surface area contributed by atoms with Crippen molar-refractivity contribution in [2.75, 3.05) is 0 Å². The Kier molecular flexibility index (Phi) is 5.05. The molecular formula is C14H24ClP. The highest BCUT2D eigenvalue weighted by Crippen LogP contribution is 2.33. The first-order chi connectivity index (χ1) is 6.64. The summed E-state index contributed by atoms with van der Waals surface area (Å²) in [5, 5.41) is 1.33. The monoisotopic (exact) mass is 258 g/mol. The van der Waals surface area contributed by atoms with Crippen LogP contribution in [0.15, 0.2) is 18.2 Å². The first kappa shape index (κ1) is 15.9. The first-order valence-corrected chi connectivity index (χ1v) is 6.11. The summed E-state index contributed by atoms with van der Waals surface area (Å²) in [5.41, 5.74) is 3.36. The zero-order valence-corrected chi connectivity index (χ0v) is 13.2. The Hall–Kier alpha value is -0.0600. The normalized spacial score (nSPS) is 12.2. The van der Waals surface area contributed by atoms with Crippen LogP contribution >= 0.6 is 21.6 Å². The van der Waals surface area contributed by atoms with E-state index in [-0.39, 0.29) is 23.2 Å². The lowest BCUT2D eigenvalue weighted by molar-refractivity contribution is 0.533. The molecule has 0 N–H and O–H groups in total. The molecule has 0 bridgehead atoms. The molecule has 0 fully saturated rings. The van der Waals surface area contributed by atoms with Gasteiger partial charge in [-0.2, -0.15) is 0 Å². The second kappa shape index (κ2) is 5.07. The molecular weight excluding hydrogens is 235 g/mol. The van der Waals surface area contributed by atoms with Crippen molar-refractivity contribution in [2.24, 2.45) is 0 Å². The molecule has 0 saturated heterocycles. The maximum Gasteiger partial charge on any atom is -0.0123 e. The molecule has 0 saturated carbocycles. The van der Waals surface area contributed by atoms with Gasteiger partial charge in [0.25, 0.3) is 0 Å². The molecule has 0 amide bonds. The molecule has 1 unspecified atom stereocenters. The van der Waals surface area contributed by atoms with Gasteiger partial charge in [0.1, 0.15) is 0 Å². The van der Waals surface area contributed by atoms with Gasteiger partial charge >= 0.3 is 0 Å². The fourth-order valence-electron chi connectivity index (χ4n) is 2.03. The van der Waals surface area contributed by atoms with Crippen LogP contribution in [0.5, 0.6) is 0 Å². The van der Waals surface area contributed by atoms with Crippen molar-refractivity contribution in [3.8, 4) is 0 Å². The van der Waals surface area contributed by atoms with Crippen molar-refractivity contribution in [1.29, 1.82) is 0 Å². The van der Waals surface area contributed by atoms with Gasteiger partial charge < -0.3 is 0 Å². The Morgan fingerprint density at radius 2 is 1.38 bits per heavy atom. The van der Waals surface area contributed by atoms with E-state index in [4.69, 9.17) is 0 Å². The maximum atomic E-state index is 2.87. The summed E-state index contributed by atoms with van der Waals surface area (Å²) < 4.78 is 0. The van der Waals surface area contributed by atoms with E-state index in [1.54, 1.807) is 0 Å².